The zero-order chi connectivity index (χ0) is 18.6. The van der Waals surface area contributed by atoms with Crippen LogP contribution in [-0.4, -0.2) is 0 Å². The van der Waals surface area contributed by atoms with Gasteiger partial charge < -0.3 is 0 Å². The lowest BCUT2D eigenvalue weighted by atomic mass is 9.69. The Morgan fingerprint density at radius 3 is 2.19 bits per heavy atom. The lowest BCUT2D eigenvalue weighted by molar-refractivity contribution is 0.785. The maximum atomic E-state index is 3.90. The quantitative estimate of drug-likeness (QED) is 0.389. The van der Waals surface area contributed by atoms with E-state index in [1.54, 1.807) is 0 Å². The van der Waals surface area contributed by atoms with Crippen LogP contribution in [0.3, 0.4) is 0 Å². The molecule has 3 aromatic rings. The molecule has 1 spiro atoms. The summed E-state index contributed by atoms with van der Waals surface area (Å²) in [7, 11) is 0. The van der Waals surface area contributed by atoms with Crippen molar-refractivity contribution >= 4 is 21.5 Å². The zero-order valence-corrected chi connectivity index (χ0v) is 16.8. The fourth-order valence-corrected chi connectivity index (χ4v) is 5.32. The SMILES string of the molecule is C=C/C=C\C1=C(C)c2ccccc2C12c1ccccc1-c1ccc(Br)cc12. The second-order valence-corrected chi connectivity index (χ2v) is 8.08. The van der Waals surface area contributed by atoms with Gasteiger partial charge in [0.15, 0.2) is 0 Å². The molecule has 2 aliphatic carbocycles. The van der Waals surface area contributed by atoms with Crippen LogP contribution in [0, 0.1) is 0 Å². The maximum absolute atomic E-state index is 3.90. The van der Waals surface area contributed by atoms with Crippen LogP contribution in [0.5, 0.6) is 0 Å². The third-order valence-corrected chi connectivity index (χ3v) is 6.44. The number of benzene rings is 3. The lowest BCUT2D eigenvalue weighted by Gasteiger charge is -2.31. The average molecular weight is 411 g/mol. The Bertz CT molecular complexity index is 1160. The number of rotatable bonds is 2. The fourth-order valence-electron chi connectivity index (χ4n) is 4.95. The molecule has 27 heavy (non-hydrogen) atoms. The summed E-state index contributed by atoms with van der Waals surface area (Å²) in [6, 6.07) is 24.4. The van der Waals surface area contributed by atoms with Crippen molar-refractivity contribution in [3.63, 3.8) is 0 Å². The van der Waals surface area contributed by atoms with Gasteiger partial charge in [-0.2, -0.15) is 0 Å². The van der Waals surface area contributed by atoms with E-state index in [0.29, 0.717) is 0 Å². The first-order valence-corrected chi connectivity index (χ1v) is 9.99. The van der Waals surface area contributed by atoms with Crippen LogP contribution in [0.4, 0.5) is 0 Å². The highest BCUT2D eigenvalue weighted by molar-refractivity contribution is 9.10. The molecule has 1 heteroatoms. The van der Waals surface area contributed by atoms with Crippen LogP contribution >= 0.6 is 15.9 Å². The largest absolute Gasteiger partial charge is 0.0991 e. The third-order valence-electron chi connectivity index (χ3n) is 5.95. The first-order chi connectivity index (χ1) is 13.2. The van der Waals surface area contributed by atoms with E-state index in [1.807, 2.05) is 6.08 Å². The van der Waals surface area contributed by atoms with Crippen molar-refractivity contribution in [3.05, 3.63) is 124 Å². The highest BCUT2D eigenvalue weighted by atomic mass is 79.9. The van der Waals surface area contributed by atoms with Gasteiger partial charge in [0.05, 0.1) is 5.41 Å². The van der Waals surface area contributed by atoms with Crippen LogP contribution in [-0.2, 0) is 5.41 Å². The highest BCUT2D eigenvalue weighted by Crippen LogP contribution is 2.62. The van der Waals surface area contributed by atoms with E-state index in [2.05, 4.69) is 108 Å². The minimum absolute atomic E-state index is 0.268. The smallest absolute Gasteiger partial charge is 0.0722 e. The van der Waals surface area contributed by atoms with Gasteiger partial charge in [0.1, 0.15) is 0 Å². The molecule has 2 aliphatic rings. The monoisotopic (exact) mass is 410 g/mol. The van der Waals surface area contributed by atoms with E-state index in [-0.39, 0.29) is 5.41 Å². The van der Waals surface area contributed by atoms with Crippen molar-refractivity contribution in [2.45, 2.75) is 12.3 Å². The van der Waals surface area contributed by atoms with Gasteiger partial charge in [-0.05, 0) is 63.6 Å². The van der Waals surface area contributed by atoms with Crippen molar-refractivity contribution in [1.29, 1.82) is 0 Å². The molecule has 0 aromatic heterocycles. The van der Waals surface area contributed by atoms with E-state index in [1.165, 1.54) is 44.5 Å². The molecule has 1 unspecified atom stereocenters. The number of hydrogen-bond donors (Lipinski definition) is 0. The molecule has 0 nitrogen and oxygen atoms in total. The standard InChI is InChI=1S/C26H19Br/c1-3-4-11-22-17(2)19-9-5-7-12-23(19)26(22)24-13-8-6-10-20(24)21-15-14-18(27)16-25(21)26/h3-16H,1H2,2H3/b11-4-. The van der Waals surface area contributed by atoms with Crippen LogP contribution in [0.25, 0.3) is 16.7 Å². The summed E-state index contributed by atoms with van der Waals surface area (Å²) < 4.78 is 1.11. The Balaban J connectivity index is 2.00. The van der Waals surface area contributed by atoms with E-state index in [4.69, 9.17) is 0 Å². The maximum Gasteiger partial charge on any atom is 0.0722 e. The number of hydrogen-bond acceptors (Lipinski definition) is 0. The predicted molar refractivity (Wildman–Crippen MR) is 118 cm³/mol. The van der Waals surface area contributed by atoms with Gasteiger partial charge in [0.25, 0.3) is 0 Å². The minimum Gasteiger partial charge on any atom is -0.0991 e. The molecular formula is C26H19Br. The molecule has 0 fully saturated rings. The van der Waals surface area contributed by atoms with Crippen LogP contribution in [0.15, 0.2) is 102 Å². The van der Waals surface area contributed by atoms with Gasteiger partial charge in [-0.1, -0.05) is 95.3 Å². The molecule has 5 rings (SSSR count). The second kappa shape index (κ2) is 5.94. The van der Waals surface area contributed by atoms with Crippen LogP contribution < -0.4 is 0 Å². The molecule has 1 atom stereocenters. The second-order valence-electron chi connectivity index (χ2n) is 7.16. The molecule has 130 valence electrons. The van der Waals surface area contributed by atoms with Crippen molar-refractivity contribution < 1.29 is 0 Å². The van der Waals surface area contributed by atoms with Crippen LogP contribution in [0.1, 0.15) is 29.2 Å². The summed E-state index contributed by atoms with van der Waals surface area (Å²) in [5.41, 5.74) is 10.5. The summed E-state index contributed by atoms with van der Waals surface area (Å²) in [6.45, 7) is 6.14. The minimum atomic E-state index is -0.268. The Morgan fingerprint density at radius 1 is 0.815 bits per heavy atom. The lowest BCUT2D eigenvalue weighted by Crippen LogP contribution is -2.26. The molecule has 0 bridgehead atoms. The van der Waals surface area contributed by atoms with Crippen molar-refractivity contribution in [3.8, 4) is 11.1 Å². The van der Waals surface area contributed by atoms with Crippen LogP contribution in [0.2, 0.25) is 0 Å². The number of fused-ring (bicyclic) bond motifs is 7. The summed E-state index contributed by atoms with van der Waals surface area (Å²) in [6.07, 6.45) is 6.17. The summed E-state index contributed by atoms with van der Waals surface area (Å²) in [4.78, 5) is 0. The molecular weight excluding hydrogens is 392 g/mol. The van der Waals surface area contributed by atoms with Gasteiger partial charge in [-0.25, -0.2) is 0 Å². The third kappa shape index (κ3) is 2.04. The first kappa shape index (κ1) is 16.5. The summed E-state index contributed by atoms with van der Waals surface area (Å²) in [5.74, 6) is 0. The molecule has 0 amide bonds. The van der Waals surface area contributed by atoms with Gasteiger partial charge in [-0.15, -0.1) is 0 Å². The van der Waals surface area contributed by atoms with Crippen molar-refractivity contribution in [1.82, 2.24) is 0 Å². The Kier molecular flexibility index (Phi) is 3.63. The zero-order valence-electron chi connectivity index (χ0n) is 15.2. The fraction of sp³-hybridized carbons (Fsp3) is 0.0769. The Morgan fingerprint density at radius 2 is 1.44 bits per heavy atom. The highest BCUT2D eigenvalue weighted by Gasteiger charge is 2.51. The Hall–Kier alpha value is -2.64. The topological polar surface area (TPSA) is 0 Å². The summed E-state index contributed by atoms with van der Waals surface area (Å²) >= 11 is 3.72. The molecule has 0 heterocycles. The van der Waals surface area contributed by atoms with Gasteiger partial charge in [0, 0.05) is 4.47 Å². The average Bonchev–Trinajstić information content (AvgIpc) is 3.12. The molecule has 0 saturated heterocycles. The van der Waals surface area contributed by atoms with Gasteiger partial charge >= 0.3 is 0 Å². The predicted octanol–water partition coefficient (Wildman–Crippen LogP) is 7.29. The normalized spacial score (nSPS) is 19.5. The number of allylic oxidation sites excluding steroid dienone is 5. The summed E-state index contributed by atoms with van der Waals surface area (Å²) in [5, 5.41) is 0. The van der Waals surface area contributed by atoms with Gasteiger partial charge in [-0.3, -0.25) is 0 Å². The van der Waals surface area contributed by atoms with E-state index in [9.17, 15) is 0 Å². The van der Waals surface area contributed by atoms with E-state index >= 15 is 0 Å². The van der Waals surface area contributed by atoms with E-state index in [0.717, 1.165) is 4.47 Å². The first-order valence-electron chi connectivity index (χ1n) is 9.20. The molecule has 0 radical (unpaired) electrons. The molecule has 0 N–H and O–H groups in total. The Labute approximate surface area is 168 Å². The van der Waals surface area contributed by atoms with Crippen molar-refractivity contribution in [2.24, 2.45) is 0 Å². The molecule has 3 aromatic carbocycles. The molecule has 0 saturated carbocycles. The van der Waals surface area contributed by atoms with Gasteiger partial charge in [0.2, 0.25) is 0 Å². The van der Waals surface area contributed by atoms with Crippen molar-refractivity contribution in [2.75, 3.05) is 0 Å². The van der Waals surface area contributed by atoms with E-state index < -0.39 is 0 Å². The molecule has 0 aliphatic heterocycles. The number of halogens is 1.